The lowest BCUT2D eigenvalue weighted by Gasteiger charge is -2.26. The molecule has 0 fully saturated rings. The van der Waals surface area contributed by atoms with Crippen LogP contribution in [0, 0.1) is 0 Å². The molecule has 1 atom stereocenters. The second kappa shape index (κ2) is 6.85. The molecule has 0 spiro atoms. The lowest BCUT2D eigenvalue weighted by Crippen LogP contribution is -2.31. The summed E-state index contributed by atoms with van der Waals surface area (Å²) in [5.74, 6) is -0.133. The van der Waals surface area contributed by atoms with Crippen LogP contribution in [-0.4, -0.2) is 16.1 Å². The molecule has 4 N–H and O–H groups in total. The Morgan fingerprint density at radius 3 is 2.75 bits per heavy atom. The second-order valence-electron chi connectivity index (χ2n) is 7.29. The summed E-state index contributed by atoms with van der Waals surface area (Å²) in [6, 6.07) is 7.80. The van der Waals surface area contributed by atoms with Gasteiger partial charge >= 0.3 is 0 Å². The van der Waals surface area contributed by atoms with Crippen LogP contribution in [-0.2, 0) is 11.8 Å². The zero-order valence-corrected chi connectivity index (χ0v) is 15.2. The van der Waals surface area contributed by atoms with E-state index < -0.39 is 0 Å². The van der Waals surface area contributed by atoms with Gasteiger partial charge in [-0.25, -0.2) is 0 Å². The van der Waals surface area contributed by atoms with E-state index in [1.165, 1.54) is 11.1 Å². The standard InChI is InChI=1S/C18H24N4O.ClH/c1-18(2,3)16-10-15(21-22-16)17(23)20-14-6-4-5-11-9-12(19)7-8-13(11)14;/h7-10,14H,4-6,19H2,1-3H3,(H,20,23)(H,21,22);1H. The number of H-pyrrole nitrogens is 1. The Labute approximate surface area is 148 Å². The Bertz CT molecular complexity index is 733. The quantitative estimate of drug-likeness (QED) is 0.726. The molecule has 1 aromatic heterocycles. The Morgan fingerprint density at radius 1 is 1.33 bits per heavy atom. The minimum Gasteiger partial charge on any atom is -0.399 e. The van der Waals surface area contributed by atoms with Gasteiger partial charge in [-0.2, -0.15) is 5.10 Å². The first-order valence-corrected chi connectivity index (χ1v) is 8.09. The molecular formula is C18H25ClN4O. The van der Waals surface area contributed by atoms with E-state index in [2.05, 4.69) is 36.3 Å². The maximum absolute atomic E-state index is 12.5. The summed E-state index contributed by atoms with van der Waals surface area (Å²) in [5, 5.41) is 10.2. The van der Waals surface area contributed by atoms with Crippen molar-refractivity contribution in [1.82, 2.24) is 15.5 Å². The molecule has 1 aromatic carbocycles. The fourth-order valence-corrected chi connectivity index (χ4v) is 3.04. The monoisotopic (exact) mass is 348 g/mol. The Kier molecular flexibility index (Phi) is 5.23. The molecule has 0 saturated heterocycles. The predicted octanol–water partition coefficient (Wildman–Crippen LogP) is 3.52. The highest BCUT2D eigenvalue weighted by Gasteiger charge is 2.24. The SMILES string of the molecule is CC(C)(C)c1cc(C(=O)NC2CCCc3cc(N)ccc32)n[nH]1.Cl. The fourth-order valence-electron chi connectivity index (χ4n) is 3.04. The maximum Gasteiger partial charge on any atom is 0.272 e. The molecule has 1 amide bonds. The minimum atomic E-state index is -0.133. The Morgan fingerprint density at radius 2 is 2.08 bits per heavy atom. The van der Waals surface area contributed by atoms with Gasteiger partial charge in [0.15, 0.2) is 0 Å². The highest BCUT2D eigenvalue weighted by atomic mass is 35.5. The molecule has 1 heterocycles. The summed E-state index contributed by atoms with van der Waals surface area (Å²) in [6.07, 6.45) is 3.01. The Balaban J connectivity index is 0.00000208. The van der Waals surface area contributed by atoms with Crippen molar-refractivity contribution in [1.29, 1.82) is 0 Å². The van der Waals surface area contributed by atoms with Crippen LogP contribution in [0.2, 0.25) is 0 Å². The number of rotatable bonds is 2. The number of nitrogen functional groups attached to an aromatic ring is 1. The van der Waals surface area contributed by atoms with Crippen molar-refractivity contribution in [2.24, 2.45) is 0 Å². The van der Waals surface area contributed by atoms with Crippen LogP contribution < -0.4 is 11.1 Å². The summed E-state index contributed by atoms with van der Waals surface area (Å²) >= 11 is 0. The van der Waals surface area contributed by atoms with E-state index in [-0.39, 0.29) is 29.8 Å². The first-order valence-electron chi connectivity index (χ1n) is 8.09. The van der Waals surface area contributed by atoms with Crippen molar-refractivity contribution in [2.45, 2.75) is 51.5 Å². The number of fused-ring (bicyclic) bond motifs is 1. The van der Waals surface area contributed by atoms with Gasteiger partial charge < -0.3 is 11.1 Å². The number of carbonyl (C=O) groups is 1. The van der Waals surface area contributed by atoms with E-state index in [4.69, 9.17) is 5.73 Å². The molecule has 1 aliphatic carbocycles. The zero-order chi connectivity index (χ0) is 16.6. The molecule has 0 radical (unpaired) electrons. The lowest BCUT2D eigenvalue weighted by atomic mass is 9.87. The van der Waals surface area contributed by atoms with Gasteiger partial charge in [-0.1, -0.05) is 26.8 Å². The van der Waals surface area contributed by atoms with Crippen LogP contribution in [0.3, 0.4) is 0 Å². The second-order valence-corrected chi connectivity index (χ2v) is 7.29. The van der Waals surface area contributed by atoms with Crippen molar-refractivity contribution in [2.75, 3.05) is 5.73 Å². The first-order chi connectivity index (χ1) is 10.8. The van der Waals surface area contributed by atoms with E-state index in [1.54, 1.807) is 0 Å². The number of nitrogens with two attached hydrogens (primary N) is 1. The van der Waals surface area contributed by atoms with E-state index in [0.717, 1.165) is 30.6 Å². The lowest BCUT2D eigenvalue weighted by molar-refractivity contribution is 0.0927. The molecule has 6 heteroatoms. The summed E-state index contributed by atoms with van der Waals surface area (Å²) in [7, 11) is 0. The number of carbonyl (C=O) groups excluding carboxylic acids is 1. The molecule has 0 aliphatic heterocycles. The molecule has 1 aliphatic rings. The van der Waals surface area contributed by atoms with Crippen LogP contribution >= 0.6 is 12.4 Å². The van der Waals surface area contributed by atoms with Gasteiger partial charge in [-0.05, 0) is 48.6 Å². The van der Waals surface area contributed by atoms with E-state index in [1.807, 2.05) is 24.3 Å². The van der Waals surface area contributed by atoms with Gasteiger partial charge in [0.2, 0.25) is 0 Å². The highest BCUT2D eigenvalue weighted by molar-refractivity contribution is 5.92. The number of aromatic nitrogens is 2. The zero-order valence-electron chi connectivity index (χ0n) is 14.3. The van der Waals surface area contributed by atoms with Gasteiger partial charge in [0.1, 0.15) is 5.69 Å². The maximum atomic E-state index is 12.5. The van der Waals surface area contributed by atoms with Gasteiger partial charge in [0.25, 0.3) is 5.91 Å². The van der Waals surface area contributed by atoms with Crippen LogP contribution in [0.15, 0.2) is 24.3 Å². The molecule has 2 aromatic rings. The van der Waals surface area contributed by atoms with Gasteiger partial charge in [-0.15, -0.1) is 12.4 Å². The number of aryl methyl sites for hydroxylation is 1. The van der Waals surface area contributed by atoms with E-state index in [9.17, 15) is 4.79 Å². The molecule has 24 heavy (non-hydrogen) atoms. The number of halogens is 1. The number of hydrogen-bond donors (Lipinski definition) is 3. The third-order valence-electron chi connectivity index (χ3n) is 4.41. The summed E-state index contributed by atoms with van der Waals surface area (Å²) < 4.78 is 0. The minimum absolute atomic E-state index is 0. The number of nitrogens with one attached hydrogen (secondary N) is 2. The van der Waals surface area contributed by atoms with E-state index >= 15 is 0 Å². The molecule has 1 unspecified atom stereocenters. The Hall–Kier alpha value is -2.01. The molecule has 3 rings (SSSR count). The average molecular weight is 349 g/mol. The van der Waals surface area contributed by atoms with Crippen molar-refractivity contribution in [3.8, 4) is 0 Å². The molecule has 0 bridgehead atoms. The van der Waals surface area contributed by atoms with Crippen LogP contribution in [0.4, 0.5) is 5.69 Å². The average Bonchev–Trinajstić information content (AvgIpc) is 2.97. The van der Waals surface area contributed by atoms with Crippen molar-refractivity contribution in [3.63, 3.8) is 0 Å². The number of amides is 1. The smallest absolute Gasteiger partial charge is 0.272 e. The number of nitrogens with zero attached hydrogens (tertiary/aromatic N) is 1. The summed E-state index contributed by atoms with van der Waals surface area (Å²) in [6.45, 7) is 6.26. The first kappa shape index (κ1) is 18.3. The number of hydrogen-bond acceptors (Lipinski definition) is 3. The fraction of sp³-hybridized carbons (Fsp3) is 0.444. The van der Waals surface area contributed by atoms with Crippen LogP contribution in [0.5, 0.6) is 0 Å². The van der Waals surface area contributed by atoms with Gasteiger partial charge in [-0.3, -0.25) is 9.89 Å². The molecule has 0 saturated carbocycles. The number of anilines is 1. The van der Waals surface area contributed by atoms with Crippen LogP contribution in [0.1, 0.15) is 67.0 Å². The van der Waals surface area contributed by atoms with E-state index in [0.29, 0.717) is 5.69 Å². The summed E-state index contributed by atoms with van der Waals surface area (Å²) in [5.41, 5.74) is 10.4. The number of benzene rings is 1. The van der Waals surface area contributed by atoms with Crippen molar-refractivity contribution in [3.05, 3.63) is 46.8 Å². The van der Waals surface area contributed by atoms with Gasteiger partial charge in [0.05, 0.1) is 6.04 Å². The van der Waals surface area contributed by atoms with Crippen molar-refractivity contribution < 1.29 is 4.79 Å². The predicted molar refractivity (Wildman–Crippen MR) is 98.5 cm³/mol. The van der Waals surface area contributed by atoms with Crippen LogP contribution in [0.25, 0.3) is 0 Å². The highest BCUT2D eigenvalue weighted by Crippen LogP contribution is 2.31. The third kappa shape index (κ3) is 3.73. The topological polar surface area (TPSA) is 83.8 Å². The van der Waals surface area contributed by atoms with Gasteiger partial charge in [0, 0.05) is 16.8 Å². The molecule has 130 valence electrons. The summed E-state index contributed by atoms with van der Waals surface area (Å²) in [4.78, 5) is 12.5. The largest absolute Gasteiger partial charge is 0.399 e. The van der Waals surface area contributed by atoms with Crippen molar-refractivity contribution >= 4 is 24.0 Å². The number of aromatic amines is 1. The third-order valence-corrected chi connectivity index (χ3v) is 4.41. The normalized spacial score (nSPS) is 16.9. The molecular weight excluding hydrogens is 324 g/mol. The molecule has 5 nitrogen and oxygen atoms in total.